The van der Waals surface area contributed by atoms with E-state index in [-0.39, 0.29) is 0 Å². The van der Waals surface area contributed by atoms with Crippen LogP contribution in [-0.2, 0) is 6.42 Å². The Labute approximate surface area is 118 Å². The van der Waals surface area contributed by atoms with Gasteiger partial charge in [-0.25, -0.2) is 4.98 Å². The van der Waals surface area contributed by atoms with E-state index in [0.717, 1.165) is 13.0 Å². The first kappa shape index (κ1) is 12.9. The maximum absolute atomic E-state index is 4.37. The van der Waals surface area contributed by atoms with E-state index in [9.17, 15) is 0 Å². The third-order valence-electron chi connectivity index (χ3n) is 3.91. The van der Waals surface area contributed by atoms with E-state index in [0.29, 0.717) is 12.1 Å². The fraction of sp³-hybridized carbons (Fsp3) is 0.533. The molecule has 19 heavy (non-hydrogen) atoms. The minimum Gasteiger partial charge on any atom is -0.330 e. The number of hydrogen-bond donors (Lipinski definition) is 1. The summed E-state index contributed by atoms with van der Waals surface area (Å²) in [6.07, 6.45) is 8.97. The maximum atomic E-state index is 4.37. The molecular weight excluding hydrogens is 254 g/mol. The summed E-state index contributed by atoms with van der Waals surface area (Å²) in [7, 11) is 0. The van der Waals surface area contributed by atoms with Crippen LogP contribution in [0.25, 0.3) is 0 Å². The van der Waals surface area contributed by atoms with Gasteiger partial charge in [0.1, 0.15) is 0 Å². The summed E-state index contributed by atoms with van der Waals surface area (Å²) < 4.78 is 2.35. The van der Waals surface area contributed by atoms with Crippen molar-refractivity contribution in [1.82, 2.24) is 14.9 Å². The van der Waals surface area contributed by atoms with Crippen molar-refractivity contribution in [3.63, 3.8) is 0 Å². The predicted molar refractivity (Wildman–Crippen MR) is 79.6 cm³/mol. The van der Waals surface area contributed by atoms with Gasteiger partial charge in [0, 0.05) is 29.6 Å². The molecule has 2 atom stereocenters. The van der Waals surface area contributed by atoms with Gasteiger partial charge in [0.2, 0.25) is 0 Å². The van der Waals surface area contributed by atoms with Crippen LogP contribution in [0.2, 0.25) is 0 Å². The zero-order chi connectivity index (χ0) is 13.1. The average molecular weight is 275 g/mol. The third kappa shape index (κ3) is 2.90. The highest BCUT2D eigenvalue weighted by atomic mass is 32.1. The zero-order valence-electron chi connectivity index (χ0n) is 11.4. The van der Waals surface area contributed by atoms with Crippen LogP contribution in [0.1, 0.15) is 48.8 Å². The first-order valence-electron chi connectivity index (χ1n) is 7.12. The number of imidazole rings is 1. The SMILES string of the molecule is CC(Cc1cccs1)n1cncc1C1CCCCN1. The fourth-order valence-electron chi connectivity index (χ4n) is 2.88. The lowest BCUT2D eigenvalue weighted by Crippen LogP contribution is -2.29. The Hall–Kier alpha value is -1.13. The van der Waals surface area contributed by atoms with Crippen molar-refractivity contribution in [2.75, 3.05) is 6.54 Å². The van der Waals surface area contributed by atoms with Crippen LogP contribution in [0, 0.1) is 0 Å². The third-order valence-corrected chi connectivity index (χ3v) is 4.81. The van der Waals surface area contributed by atoms with Gasteiger partial charge < -0.3 is 9.88 Å². The quantitative estimate of drug-likeness (QED) is 0.924. The molecule has 102 valence electrons. The molecule has 0 radical (unpaired) electrons. The van der Waals surface area contributed by atoms with Gasteiger partial charge in [-0.05, 0) is 37.8 Å². The molecule has 0 saturated carbocycles. The topological polar surface area (TPSA) is 29.9 Å². The first-order valence-corrected chi connectivity index (χ1v) is 8.00. The second-order valence-electron chi connectivity index (χ2n) is 5.36. The molecule has 3 nitrogen and oxygen atoms in total. The summed E-state index contributed by atoms with van der Waals surface area (Å²) in [6.45, 7) is 3.42. The fourth-order valence-corrected chi connectivity index (χ4v) is 3.70. The Kier molecular flexibility index (Phi) is 3.99. The highest BCUT2D eigenvalue weighted by molar-refractivity contribution is 7.09. The molecule has 2 unspecified atom stereocenters. The second kappa shape index (κ2) is 5.88. The first-order chi connectivity index (χ1) is 9.34. The lowest BCUT2D eigenvalue weighted by atomic mass is 10.0. The lowest BCUT2D eigenvalue weighted by Gasteiger charge is -2.26. The molecule has 2 aromatic rings. The lowest BCUT2D eigenvalue weighted by molar-refractivity contribution is 0.382. The van der Waals surface area contributed by atoms with Crippen molar-refractivity contribution in [2.24, 2.45) is 0 Å². The standard InChI is InChI=1S/C15H21N3S/c1-12(9-13-5-4-8-19-13)18-11-16-10-15(18)14-6-2-3-7-17-14/h4-5,8,10-12,14,17H,2-3,6-7,9H2,1H3. The monoisotopic (exact) mass is 275 g/mol. The van der Waals surface area contributed by atoms with Crippen LogP contribution in [0.3, 0.4) is 0 Å². The summed E-state index contributed by atoms with van der Waals surface area (Å²) in [5, 5.41) is 5.77. The number of aromatic nitrogens is 2. The highest BCUT2D eigenvalue weighted by Crippen LogP contribution is 2.26. The van der Waals surface area contributed by atoms with Gasteiger partial charge in [-0.3, -0.25) is 0 Å². The van der Waals surface area contributed by atoms with Gasteiger partial charge in [-0.2, -0.15) is 0 Å². The van der Waals surface area contributed by atoms with Crippen LogP contribution < -0.4 is 5.32 Å². The number of piperidine rings is 1. The average Bonchev–Trinajstić information content (AvgIpc) is 3.10. The summed E-state index contributed by atoms with van der Waals surface area (Å²) in [4.78, 5) is 5.82. The van der Waals surface area contributed by atoms with Crippen molar-refractivity contribution in [3.8, 4) is 0 Å². The van der Waals surface area contributed by atoms with Crippen LogP contribution in [0.15, 0.2) is 30.0 Å². The number of nitrogens with zero attached hydrogens (tertiary/aromatic N) is 2. The van der Waals surface area contributed by atoms with E-state index in [2.05, 4.69) is 39.3 Å². The molecule has 1 aliphatic rings. The van der Waals surface area contributed by atoms with Gasteiger partial charge >= 0.3 is 0 Å². The van der Waals surface area contributed by atoms with Crippen LogP contribution in [0.4, 0.5) is 0 Å². The molecular formula is C15H21N3S. The van der Waals surface area contributed by atoms with Crippen molar-refractivity contribution < 1.29 is 0 Å². The van der Waals surface area contributed by atoms with Crippen LogP contribution >= 0.6 is 11.3 Å². The van der Waals surface area contributed by atoms with E-state index < -0.39 is 0 Å². The molecule has 1 aliphatic heterocycles. The predicted octanol–water partition coefficient (Wildman–Crippen LogP) is 3.56. The molecule has 0 aliphatic carbocycles. The minimum absolute atomic E-state index is 0.472. The van der Waals surface area contributed by atoms with Crippen molar-refractivity contribution in [1.29, 1.82) is 0 Å². The Morgan fingerprint density at radius 1 is 1.53 bits per heavy atom. The molecule has 1 fully saturated rings. The molecule has 3 heterocycles. The van der Waals surface area contributed by atoms with Crippen LogP contribution in [0.5, 0.6) is 0 Å². The molecule has 4 heteroatoms. The summed E-state index contributed by atoms with van der Waals surface area (Å²) in [5.41, 5.74) is 1.35. The normalized spacial score (nSPS) is 21.4. The van der Waals surface area contributed by atoms with Crippen LogP contribution in [-0.4, -0.2) is 16.1 Å². The van der Waals surface area contributed by atoms with Gasteiger partial charge in [0.05, 0.1) is 12.0 Å². The molecule has 0 spiro atoms. The maximum Gasteiger partial charge on any atom is 0.0951 e. The van der Waals surface area contributed by atoms with Crippen molar-refractivity contribution in [3.05, 3.63) is 40.6 Å². The summed E-state index contributed by atoms with van der Waals surface area (Å²) in [5.74, 6) is 0. The van der Waals surface area contributed by atoms with E-state index >= 15 is 0 Å². The molecule has 1 saturated heterocycles. The van der Waals surface area contributed by atoms with Gasteiger partial charge in [0.15, 0.2) is 0 Å². The van der Waals surface area contributed by atoms with E-state index in [1.807, 2.05) is 23.9 Å². The van der Waals surface area contributed by atoms with Gasteiger partial charge in [-0.1, -0.05) is 12.5 Å². The number of nitrogens with one attached hydrogen (secondary N) is 1. The summed E-state index contributed by atoms with van der Waals surface area (Å²) in [6, 6.07) is 5.31. The molecule has 0 bridgehead atoms. The largest absolute Gasteiger partial charge is 0.330 e. The number of rotatable bonds is 4. The zero-order valence-corrected chi connectivity index (χ0v) is 12.2. The highest BCUT2D eigenvalue weighted by Gasteiger charge is 2.20. The van der Waals surface area contributed by atoms with Gasteiger partial charge in [-0.15, -0.1) is 11.3 Å². The number of hydrogen-bond acceptors (Lipinski definition) is 3. The Balaban J connectivity index is 1.75. The molecule has 3 rings (SSSR count). The smallest absolute Gasteiger partial charge is 0.0951 e. The van der Waals surface area contributed by atoms with E-state index in [1.54, 1.807) is 0 Å². The van der Waals surface area contributed by atoms with Gasteiger partial charge in [0.25, 0.3) is 0 Å². The Morgan fingerprint density at radius 3 is 3.21 bits per heavy atom. The van der Waals surface area contributed by atoms with E-state index in [1.165, 1.54) is 29.8 Å². The molecule has 0 amide bonds. The van der Waals surface area contributed by atoms with Crippen molar-refractivity contribution >= 4 is 11.3 Å². The second-order valence-corrected chi connectivity index (χ2v) is 6.39. The Bertz CT molecular complexity index is 497. The molecule has 0 aromatic carbocycles. The van der Waals surface area contributed by atoms with Crippen molar-refractivity contribution in [2.45, 2.75) is 44.7 Å². The molecule has 2 aromatic heterocycles. The minimum atomic E-state index is 0.472. The summed E-state index contributed by atoms with van der Waals surface area (Å²) >= 11 is 1.84. The number of thiophene rings is 1. The van der Waals surface area contributed by atoms with E-state index in [4.69, 9.17) is 0 Å². The Morgan fingerprint density at radius 2 is 2.47 bits per heavy atom. The molecule has 1 N–H and O–H groups in total.